The minimum Gasteiger partial charge on any atom is -0.465 e. The molecule has 2 aromatic heterocycles. The lowest BCUT2D eigenvalue weighted by Crippen LogP contribution is -2.48. The maximum absolute atomic E-state index is 13.5. The lowest BCUT2D eigenvalue weighted by Gasteiger charge is -2.28. The number of carbonyl (C=O) groups is 4. The Morgan fingerprint density at radius 3 is 1.55 bits per heavy atom. The van der Waals surface area contributed by atoms with Crippen molar-refractivity contribution >= 4 is 24.0 Å². The lowest BCUT2D eigenvalue weighted by atomic mass is 10.0. The number of alkyl carbamates (subject to hydrolysis) is 1. The van der Waals surface area contributed by atoms with Crippen molar-refractivity contribution in [3.05, 3.63) is 72.6 Å². The van der Waals surface area contributed by atoms with E-state index in [0.717, 1.165) is 71.6 Å². The van der Waals surface area contributed by atoms with Crippen molar-refractivity contribution in [3.8, 4) is 33.6 Å². The maximum Gasteiger partial charge on any atom is 0.407 e. The van der Waals surface area contributed by atoms with Crippen LogP contribution < -0.4 is 10.6 Å². The van der Waals surface area contributed by atoms with Crippen molar-refractivity contribution in [2.75, 3.05) is 20.2 Å². The van der Waals surface area contributed by atoms with Crippen molar-refractivity contribution in [2.24, 2.45) is 0 Å². The van der Waals surface area contributed by atoms with Gasteiger partial charge in [-0.3, -0.25) is 9.59 Å². The highest BCUT2D eigenvalue weighted by atomic mass is 16.5. The minimum atomic E-state index is -1.20. The largest absolute Gasteiger partial charge is 0.465 e. The average Bonchev–Trinajstić information content (AvgIpc) is 4.00. The number of rotatable bonds is 13. The Hall–Kier alpha value is -5.66. The molecule has 14 nitrogen and oxygen atoms in total. The Morgan fingerprint density at radius 2 is 1.15 bits per heavy atom. The molecule has 280 valence electrons. The summed E-state index contributed by atoms with van der Waals surface area (Å²) >= 11 is 0. The molecule has 0 aliphatic carbocycles. The summed E-state index contributed by atoms with van der Waals surface area (Å²) in [4.78, 5) is 69.6. The molecule has 4 atom stereocenters. The summed E-state index contributed by atoms with van der Waals surface area (Å²) in [6, 6.07) is 14.6. The molecule has 14 heteroatoms. The Labute approximate surface area is 308 Å². The molecule has 0 spiro atoms. The zero-order valence-electron chi connectivity index (χ0n) is 30.4. The number of carboxylic acid groups (broad SMARTS) is 1. The van der Waals surface area contributed by atoms with Crippen LogP contribution in [0, 0.1) is 0 Å². The zero-order valence-corrected chi connectivity index (χ0v) is 30.4. The summed E-state index contributed by atoms with van der Waals surface area (Å²) in [5.41, 5.74) is 5.73. The van der Waals surface area contributed by atoms with Gasteiger partial charge in [0.15, 0.2) is 0 Å². The number of aromatic nitrogens is 4. The van der Waals surface area contributed by atoms with Crippen LogP contribution in [0.2, 0.25) is 0 Å². The van der Waals surface area contributed by atoms with Crippen molar-refractivity contribution in [2.45, 2.75) is 89.4 Å². The molecule has 2 aromatic carbocycles. The predicted octanol–water partition coefficient (Wildman–Crippen LogP) is 6.42. The molecule has 0 bridgehead atoms. The van der Waals surface area contributed by atoms with Gasteiger partial charge >= 0.3 is 12.2 Å². The summed E-state index contributed by atoms with van der Waals surface area (Å²) in [5.74, 6) is 1.09. The first-order valence-electron chi connectivity index (χ1n) is 18.5. The standard InChI is InChI=1S/C39H48N8O6/c1-4-8-28(44-38(50)51)36(48)46-20-6-10-32(46)34-40-22-30(42-34)26-16-12-24(13-17-26)25-14-18-27(19-15-25)31-23-41-35(43-31)33-11-7-21-47(33)37(49)29(9-5-2)45-39(52)53-3/h12-19,22-23,28-29,32-33,44H,4-11,20-21H2,1-3H3,(H,40,42)(H,41,43)(H,45,52)(H,50,51)/t28-,29?,32-,33?/m0/s1. The molecule has 4 amide bonds. The van der Waals surface area contributed by atoms with Crippen LogP contribution in [0.3, 0.4) is 0 Å². The van der Waals surface area contributed by atoms with E-state index in [1.54, 1.807) is 17.3 Å². The monoisotopic (exact) mass is 724 g/mol. The van der Waals surface area contributed by atoms with E-state index in [0.29, 0.717) is 38.2 Å². The van der Waals surface area contributed by atoms with Gasteiger partial charge in [-0.2, -0.15) is 0 Å². The van der Waals surface area contributed by atoms with Crippen LogP contribution in [0.25, 0.3) is 33.6 Å². The molecule has 2 saturated heterocycles. The van der Waals surface area contributed by atoms with Gasteiger partial charge in [-0.15, -0.1) is 0 Å². The fraction of sp³-hybridized carbons (Fsp3) is 0.436. The van der Waals surface area contributed by atoms with Gasteiger partial charge in [-0.05, 0) is 60.8 Å². The molecule has 2 aliphatic rings. The van der Waals surface area contributed by atoms with Crippen LogP contribution >= 0.6 is 0 Å². The number of benzene rings is 2. The maximum atomic E-state index is 13.5. The first kappa shape index (κ1) is 37.1. The number of ether oxygens (including phenoxy) is 1. The fourth-order valence-electron chi connectivity index (χ4n) is 7.46. The number of amides is 4. The van der Waals surface area contributed by atoms with Crippen LogP contribution in [0.4, 0.5) is 9.59 Å². The van der Waals surface area contributed by atoms with Crippen LogP contribution in [0.15, 0.2) is 60.9 Å². The smallest absolute Gasteiger partial charge is 0.407 e. The van der Waals surface area contributed by atoms with E-state index in [-0.39, 0.29) is 23.9 Å². The van der Waals surface area contributed by atoms with Crippen molar-refractivity contribution in [3.63, 3.8) is 0 Å². The van der Waals surface area contributed by atoms with Crippen molar-refractivity contribution in [1.82, 2.24) is 40.4 Å². The van der Waals surface area contributed by atoms with Crippen LogP contribution in [-0.4, -0.2) is 91.1 Å². The predicted molar refractivity (Wildman–Crippen MR) is 199 cm³/mol. The molecule has 2 aliphatic heterocycles. The second-order valence-electron chi connectivity index (χ2n) is 13.7. The number of imidazole rings is 2. The first-order chi connectivity index (χ1) is 25.7. The number of nitrogens with one attached hydrogen (secondary N) is 4. The third kappa shape index (κ3) is 8.37. The van der Waals surface area contributed by atoms with Crippen LogP contribution in [-0.2, 0) is 14.3 Å². The van der Waals surface area contributed by atoms with E-state index >= 15 is 0 Å². The molecule has 0 radical (unpaired) electrons. The Balaban J connectivity index is 1.10. The van der Waals surface area contributed by atoms with E-state index < -0.39 is 24.3 Å². The van der Waals surface area contributed by atoms with E-state index in [4.69, 9.17) is 4.74 Å². The Kier molecular flexibility index (Phi) is 11.8. The molecular weight excluding hydrogens is 676 g/mol. The number of nitrogens with zero attached hydrogens (tertiary/aromatic N) is 4. The Morgan fingerprint density at radius 1 is 0.736 bits per heavy atom. The van der Waals surface area contributed by atoms with Gasteiger partial charge < -0.3 is 40.2 Å². The molecule has 6 rings (SSSR count). The zero-order chi connectivity index (χ0) is 37.5. The van der Waals surface area contributed by atoms with Gasteiger partial charge in [0, 0.05) is 13.1 Å². The summed E-state index contributed by atoms with van der Waals surface area (Å²) < 4.78 is 4.74. The third-order valence-corrected chi connectivity index (χ3v) is 10.1. The number of aromatic amines is 2. The molecule has 0 saturated carbocycles. The van der Waals surface area contributed by atoms with Gasteiger partial charge in [0.25, 0.3) is 0 Å². The Bertz CT molecular complexity index is 1890. The highest BCUT2D eigenvalue weighted by molar-refractivity contribution is 5.87. The lowest BCUT2D eigenvalue weighted by molar-refractivity contribution is -0.135. The number of methoxy groups -OCH3 is 1. The molecule has 5 N–H and O–H groups in total. The summed E-state index contributed by atoms with van der Waals surface area (Å²) in [6.45, 7) is 5.07. The number of hydrogen-bond donors (Lipinski definition) is 5. The van der Waals surface area contributed by atoms with E-state index in [1.165, 1.54) is 7.11 Å². The summed E-state index contributed by atoms with van der Waals surface area (Å²) in [6.07, 6.45) is 7.39. The van der Waals surface area contributed by atoms with E-state index in [1.807, 2.05) is 43.0 Å². The molecule has 4 heterocycles. The summed E-state index contributed by atoms with van der Waals surface area (Å²) in [7, 11) is 1.29. The second kappa shape index (κ2) is 16.8. The fourth-order valence-corrected chi connectivity index (χ4v) is 7.46. The van der Waals surface area contributed by atoms with Gasteiger partial charge in [0.2, 0.25) is 11.8 Å². The molecule has 4 aromatic rings. The summed E-state index contributed by atoms with van der Waals surface area (Å²) in [5, 5.41) is 14.3. The van der Waals surface area contributed by atoms with Gasteiger partial charge in [0.05, 0.1) is 43.0 Å². The molecule has 53 heavy (non-hydrogen) atoms. The van der Waals surface area contributed by atoms with E-state index in [9.17, 15) is 24.3 Å². The number of likely N-dealkylation sites (tertiary alicyclic amines) is 2. The minimum absolute atomic E-state index is 0.124. The molecule has 2 fully saturated rings. The molecular formula is C39H48N8O6. The normalized spacial score (nSPS) is 18.1. The highest BCUT2D eigenvalue weighted by Gasteiger charge is 2.37. The topological polar surface area (TPSA) is 186 Å². The highest BCUT2D eigenvalue weighted by Crippen LogP contribution is 2.35. The average molecular weight is 725 g/mol. The number of carbonyl (C=O) groups excluding carboxylic acids is 3. The van der Waals surface area contributed by atoms with Crippen LogP contribution in [0.5, 0.6) is 0 Å². The number of hydrogen-bond acceptors (Lipinski definition) is 7. The SMILES string of the molecule is CCCC(NC(=O)OC)C(=O)N1CCCC1c1ncc(-c2ccc(-c3ccc(-c4cnc([C@@H]5CCCN5C(=O)[C@H](CCC)NC(=O)O)[nH]4)cc3)cc2)[nH]1. The quantitative estimate of drug-likeness (QED) is 0.105. The van der Waals surface area contributed by atoms with Gasteiger partial charge in [0.1, 0.15) is 23.7 Å². The van der Waals surface area contributed by atoms with Crippen LogP contribution in [0.1, 0.15) is 88.9 Å². The molecule has 2 unspecified atom stereocenters. The third-order valence-electron chi connectivity index (χ3n) is 10.1. The van der Waals surface area contributed by atoms with Gasteiger partial charge in [-0.1, -0.05) is 75.2 Å². The van der Waals surface area contributed by atoms with E-state index in [2.05, 4.69) is 54.8 Å². The number of H-pyrrole nitrogens is 2. The first-order valence-corrected chi connectivity index (χ1v) is 18.5. The van der Waals surface area contributed by atoms with Crippen molar-refractivity contribution < 1.29 is 29.0 Å². The van der Waals surface area contributed by atoms with Crippen molar-refractivity contribution in [1.29, 1.82) is 0 Å². The van der Waals surface area contributed by atoms with Gasteiger partial charge in [-0.25, -0.2) is 19.6 Å². The second-order valence-corrected chi connectivity index (χ2v) is 13.7.